The minimum atomic E-state index is 0.855. The standard InChI is InChI=1S/C9H8/c1-3-5-7-9-8-6-4-2/h3H2,1-2H3. The summed E-state index contributed by atoms with van der Waals surface area (Å²) in [5, 5.41) is 0. The van der Waals surface area contributed by atoms with Crippen LogP contribution in [0, 0.1) is 35.5 Å². The summed E-state index contributed by atoms with van der Waals surface area (Å²) in [5.74, 6) is 15.9. The minimum absolute atomic E-state index is 0.855. The van der Waals surface area contributed by atoms with Crippen LogP contribution in [-0.2, 0) is 0 Å². The van der Waals surface area contributed by atoms with E-state index < -0.39 is 0 Å². The van der Waals surface area contributed by atoms with E-state index >= 15 is 0 Å². The van der Waals surface area contributed by atoms with Crippen LogP contribution in [-0.4, -0.2) is 0 Å². The van der Waals surface area contributed by atoms with Gasteiger partial charge in [-0.3, -0.25) is 0 Å². The third-order valence-electron chi connectivity index (χ3n) is 0.578. The van der Waals surface area contributed by atoms with Gasteiger partial charge >= 0.3 is 0 Å². The van der Waals surface area contributed by atoms with E-state index in [0.717, 1.165) is 6.42 Å². The highest BCUT2D eigenvalue weighted by atomic mass is 13.6. The van der Waals surface area contributed by atoms with Crippen molar-refractivity contribution < 1.29 is 0 Å². The molecule has 0 aliphatic carbocycles. The average molecular weight is 116 g/mol. The molecule has 0 aliphatic rings. The summed E-state index contributed by atoms with van der Waals surface area (Å²) in [6.45, 7) is 3.74. The zero-order valence-electron chi connectivity index (χ0n) is 5.71. The van der Waals surface area contributed by atoms with Crippen molar-refractivity contribution in [3.05, 3.63) is 0 Å². The van der Waals surface area contributed by atoms with E-state index in [-0.39, 0.29) is 0 Å². The van der Waals surface area contributed by atoms with Gasteiger partial charge in [-0.15, -0.1) is 0 Å². The normalized spacial score (nSPS) is 4.67. The van der Waals surface area contributed by atoms with Crippen molar-refractivity contribution in [1.82, 2.24) is 0 Å². The monoisotopic (exact) mass is 116 g/mol. The molecular weight excluding hydrogens is 108 g/mol. The number of rotatable bonds is 0. The Bertz CT molecular complexity index is 226. The second-order valence-corrected chi connectivity index (χ2v) is 1.28. The summed E-state index contributed by atoms with van der Waals surface area (Å²) in [6, 6.07) is 0. The predicted octanol–water partition coefficient (Wildman–Crippen LogP) is 1.43. The molecule has 0 spiro atoms. The van der Waals surface area contributed by atoms with Crippen LogP contribution >= 0.6 is 0 Å². The van der Waals surface area contributed by atoms with E-state index in [1.807, 2.05) is 6.92 Å². The molecule has 0 bridgehead atoms. The zero-order chi connectivity index (χ0) is 6.95. The Morgan fingerprint density at radius 2 is 1.67 bits per heavy atom. The molecule has 0 aromatic heterocycles. The summed E-state index contributed by atoms with van der Waals surface area (Å²) >= 11 is 0. The van der Waals surface area contributed by atoms with Crippen molar-refractivity contribution in [3.63, 3.8) is 0 Å². The highest BCUT2D eigenvalue weighted by molar-refractivity contribution is 5.34. The van der Waals surface area contributed by atoms with Crippen LogP contribution in [0.5, 0.6) is 0 Å². The van der Waals surface area contributed by atoms with E-state index in [1.54, 1.807) is 6.92 Å². The minimum Gasteiger partial charge on any atom is -0.0925 e. The maximum absolute atomic E-state index is 2.82. The summed E-state index contributed by atoms with van der Waals surface area (Å²) < 4.78 is 0. The van der Waals surface area contributed by atoms with Gasteiger partial charge in [-0.2, -0.15) is 0 Å². The molecule has 0 unspecified atom stereocenters. The van der Waals surface area contributed by atoms with Gasteiger partial charge in [0.05, 0.1) is 0 Å². The molecule has 0 N–H and O–H groups in total. The average Bonchev–Trinajstić information content (AvgIpc) is 1.89. The van der Waals surface area contributed by atoms with Gasteiger partial charge in [0.15, 0.2) is 0 Å². The van der Waals surface area contributed by atoms with E-state index in [2.05, 4.69) is 35.5 Å². The second kappa shape index (κ2) is 6.68. The van der Waals surface area contributed by atoms with Crippen LogP contribution in [0.25, 0.3) is 0 Å². The Labute approximate surface area is 56.7 Å². The molecule has 0 aromatic rings. The largest absolute Gasteiger partial charge is 0.0925 e. The van der Waals surface area contributed by atoms with Crippen molar-refractivity contribution >= 4 is 0 Å². The fourth-order valence-electron chi connectivity index (χ4n) is 0.258. The Hall–Kier alpha value is -1.32. The third kappa shape index (κ3) is 6.68. The predicted molar refractivity (Wildman–Crippen MR) is 39.3 cm³/mol. The van der Waals surface area contributed by atoms with Crippen LogP contribution in [0.2, 0.25) is 0 Å². The molecule has 0 atom stereocenters. The van der Waals surface area contributed by atoms with Crippen LogP contribution < -0.4 is 0 Å². The molecule has 0 saturated carbocycles. The SMILES string of the molecule is CC#CC#CC#CCC. The van der Waals surface area contributed by atoms with E-state index in [1.165, 1.54) is 0 Å². The lowest BCUT2D eigenvalue weighted by atomic mass is 10.4. The fraction of sp³-hybridized carbons (Fsp3) is 0.333. The highest BCUT2D eigenvalue weighted by Crippen LogP contribution is 1.64. The van der Waals surface area contributed by atoms with Crippen LogP contribution in [0.4, 0.5) is 0 Å². The Kier molecular flexibility index (Phi) is 5.70. The molecule has 0 saturated heterocycles. The molecule has 44 valence electrons. The molecular formula is C9H8. The van der Waals surface area contributed by atoms with Gasteiger partial charge in [0.2, 0.25) is 0 Å². The van der Waals surface area contributed by atoms with Crippen molar-refractivity contribution in [1.29, 1.82) is 0 Å². The summed E-state index contributed by atoms with van der Waals surface area (Å²) in [4.78, 5) is 0. The van der Waals surface area contributed by atoms with E-state index in [4.69, 9.17) is 0 Å². The maximum atomic E-state index is 2.82. The van der Waals surface area contributed by atoms with Gasteiger partial charge < -0.3 is 0 Å². The summed E-state index contributed by atoms with van der Waals surface area (Å²) in [6.07, 6.45) is 0.855. The van der Waals surface area contributed by atoms with Gasteiger partial charge in [-0.1, -0.05) is 18.8 Å². The Balaban J connectivity index is 3.71. The first-order valence-electron chi connectivity index (χ1n) is 2.81. The quantitative estimate of drug-likeness (QED) is 0.420. The first kappa shape index (κ1) is 7.68. The molecule has 0 aromatic carbocycles. The maximum Gasteiger partial charge on any atom is 0.00704 e. The van der Waals surface area contributed by atoms with Gasteiger partial charge in [0, 0.05) is 6.42 Å². The summed E-state index contributed by atoms with van der Waals surface area (Å²) in [5.41, 5.74) is 0. The van der Waals surface area contributed by atoms with E-state index in [9.17, 15) is 0 Å². The van der Waals surface area contributed by atoms with Crippen LogP contribution in [0.1, 0.15) is 20.3 Å². The fourth-order valence-corrected chi connectivity index (χ4v) is 0.258. The smallest absolute Gasteiger partial charge is 0.00704 e. The van der Waals surface area contributed by atoms with Crippen molar-refractivity contribution in [3.8, 4) is 35.5 Å². The third-order valence-corrected chi connectivity index (χ3v) is 0.578. The topological polar surface area (TPSA) is 0 Å². The molecule has 9 heavy (non-hydrogen) atoms. The Morgan fingerprint density at radius 1 is 1.00 bits per heavy atom. The molecule has 0 heterocycles. The summed E-state index contributed by atoms with van der Waals surface area (Å²) in [7, 11) is 0. The first-order valence-corrected chi connectivity index (χ1v) is 2.81. The van der Waals surface area contributed by atoms with Gasteiger partial charge in [-0.05, 0) is 30.6 Å². The van der Waals surface area contributed by atoms with Crippen molar-refractivity contribution in [2.75, 3.05) is 0 Å². The number of hydrogen-bond donors (Lipinski definition) is 0. The molecule has 0 radical (unpaired) electrons. The molecule has 0 heteroatoms. The molecule has 0 amide bonds. The Morgan fingerprint density at radius 3 is 2.22 bits per heavy atom. The number of hydrogen-bond acceptors (Lipinski definition) is 0. The van der Waals surface area contributed by atoms with E-state index in [0.29, 0.717) is 0 Å². The lowest BCUT2D eigenvalue weighted by Gasteiger charge is -1.60. The van der Waals surface area contributed by atoms with Gasteiger partial charge in [-0.25, -0.2) is 0 Å². The molecule has 0 rings (SSSR count). The van der Waals surface area contributed by atoms with Crippen LogP contribution in [0.3, 0.4) is 0 Å². The van der Waals surface area contributed by atoms with Gasteiger partial charge in [0.25, 0.3) is 0 Å². The molecule has 0 nitrogen and oxygen atoms in total. The lowest BCUT2D eigenvalue weighted by molar-refractivity contribution is 1.28. The zero-order valence-corrected chi connectivity index (χ0v) is 5.71. The van der Waals surface area contributed by atoms with Crippen molar-refractivity contribution in [2.45, 2.75) is 20.3 Å². The highest BCUT2D eigenvalue weighted by Gasteiger charge is 1.55. The van der Waals surface area contributed by atoms with Gasteiger partial charge in [0.1, 0.15) is 0 Å². The first-order chi connectivity index (χ1) is 4.41. The molecule has 0 aliphatic heterocycles. The lowest BCUT2D eigenvalue weighted by Crippen LogP contribution is -1.53. The molecule has 0 fully saturated rings. The van der Waals surface area contributed by atoms with Crippen molar-refractivity contribution in [2.24, 2.45) is 0 Å². The second-order valence-electron chi connectivity index (χ2n) is 1.28. The van der Waals surface area contributed by atoms with Crippen LogP contribution in [0.15, 0.2) is 0 Å².